The Labute approximate surface area is 115 Å². The highest BCUT2D eigenvalue weighted by Crippen LogP contribution is 2.23. The van der Waals surface area contributed by atoms with E-state index < -0.39 is 0 Å². The molecule has 19 heavy (non-hydrogen) atoms. The van der Waals surface area contributed by atoms with Crippen LogP contribution in [0.2, 0.25) is 0 Å². The van der Waals surface area contributed by atoms with Crippen LogP contribution in [0.15, 0.2) is 0 Å². The second kappa shape index (κ2) is 7.04. The van der Waals surface area contributed by atoms with Crippen molar-refractivity contribution < 1.29 is 14.3 Å². The van der Waals surface area contributed by atoms with Crippen LogP contribution in [0.4, 0.5) is 0 Å². The zero-order valence-electron chi connectivity index (χ0n) is 11.9. The van der Waals surface area contributed by atoms with Crippen LogP contribution < -0.4 is 0 Å². The monoisotopic (exact) mass is 267 g/mol. The molecule has 108 valence electrons. The Morgan fingerprint density at radius 3 is 2.58 bits per heavy atom. The third-order valence-electron chi connectivity index (χ3n) is 4.14. The van der Waals surface area contributed by atoms with Crippen LogP contribution in [-0.2, 0) is 14.3 Å². The van der Waals surface area contributed by atoms with Crippen molar-refractivity contribution >= 4 is 11.7 Å². The SMILES string of the molecule is CC(=O)CC1CCCCCN1C(=O)C1CCCCO1. The summed E-state index contributed by atoms with van der Waals surface area (Å²) in [6.07, 6.45) is 7.48. The first-order chi connectivity index (χ1) is 9.18. The molecule has 2 heterocycles. The first-order valence-electron chi connectivity index (χ1n) is 7.60. The molecule has 2 aliphatic rings. The Kier molecular flexibility index (Phi) is 5.37. The number of amides is 1. The highest BCUT2D eigenvalue weighted by atomic mass is 16.5. The van der Waals surface area contributed by atoms with Crippen molar-refractivity contribution in [3.05, 3.63) is 0 Å². The lowest BCUT2D eigenvalue weighted by atomic mass is 10.0. The molecule has 0 aliphatic carbocycles. The number of likely N-dealkylation sites (tertiary alicyclic amines) is 1. The van der Waals surface area contributed by atoms with E-state index >= 15 is 0 Å². The molecule has 0 N–H and O–H groups in total. The minimum Gasteiger partial charge on any atom is -0.368 e. The molecule has 0 aromatic carbocycles. The number of rotatable bonds is 3. The van der Waals surface area contributed by atoms with Crippen LogP contribution in [0.3, 0.4) is 0 Å². The molecule has 2 atom stereocenters. The molecule has 0 spiro atoms. The quantitative estimate of drug-likeness (QED) is 0.788. The van der Waals surface area contributed by atoms with E-state index in [1.807, 2.05) is 4.90 Å². The second-order valence-electron chi connectivity index (χ2n) is 5.80. The van der Waals surface area contributed by atoms with Crippen molar-refractivity contribution in [1.29, 1.82) is 0 Å². The molecule has 0 saturated carbocycles. The lowest BCUT2D eigenvalue weighted by Gasteiger charge is -2.34. The number of carbonyl (C=O) groups is 2. The van der Waals surface area contributed by atoms with Crippen molar-refractivity contribution in [2.24, 2.45) is 0 Å². The van der Waals surface area contributed by atoms with Crippen LogP contribution in [0.1, 0.15) is 58.3 Å². The van der Waals surface area contributed by atoms with Gasteiger partial charge in [-0.05, 0) is 39.0 Å². The number of hydrogen-bond acceptors (Lipinski definition) is 3. The smallest absolute Gasteiger partial charge is 0.251 e. The molecular formula is C15H25NO3. The fourth-order valence-corrected chi connectivity index (χ4v) is 3.13. The van der Waals surface area contributed by atoms with Crippen molar-refractivity contribution in [3.63, 3.8) is 0 Å². The molecule has 2 saturated heterocycles. The Hall–Kier alpha value is -0.900. The molecule has 0 aromatic heterocycles. The normalized spacial score (nSPS) is 28.8. The zero-order chi connectivity index (χ0) is 13.7. The van der Waals surface area contributed by atoms with Gasteiger partial charge < -0.3 is 9.64 Å². The lowest BCUT2D eigenvalue weighted by Crippen LogP contribution is -2.47. The maximum atomic E-state index is 12.6. The number of ether oxygens (including phenoxy) is 1. The van der Waals surface area contributed by atoms with Gasteiger partial charge in [-0.25, -0.2) is 0 Å². The minimum absolute atomic E-state index is 0.0954. The third kappa shape index (κ3) is 4.03. The largest absolute Gasteiger partial charge is 0.368 e. The standard InChI is InChI=1S/C15H25NO3/c1-12(17)11-13-7-3-2-5-9-16(13)15(18)14-8-4-6-10-19-14/h13-14H,2-11H2,1H3. The van der Waals surface area contributed by atoms with Gasteiger partial charge in [-0.1, -0.05) is 12.8 Å². The highest BCUT2D eigenvalue weighted by molar-refractivity contribution is 5.83. The van der Waals surface area contributed by atoms with E-state index in [-0.39, 0.29) is 23.8 Å². The van der Waals surface area contributed by atoms with Crippen molar-refractivity contribution in [2.45, 2.75) is 70.4 Å². The van der Waals surface area contributed by atoms with Crippen LogP contribution in [0.5, 0.6) is 0 Å². The molecule has 2 aliphatic heterocycles. The number of Topliss-reactive ketones (excluding diaryl/α,β-unsaturated/α-hetero) is 1. The molecule has 1 amide bonds. The van der Waals surface area contributed by atoms with Crippen LogP contribution in [0.25, 0.3) is 0 Å². The number of carbonyl (C=O) groups excluding carboxylic acids is 2. The molecule has 0 radical (unpaired) electrons. The topological polar surface area (TPSA) is 46.6 Å². The maximum Gasteiger partial charge on any atom is 0.251 e. The number of ketones is 1. The Bertz CT molecular complexity index is 323. The van der Waals surface area contributed by atoms with Gasteiger partial charge in [0.2, 0.25) is 0 Å². The Morgan fingerprint density at radius 2 is 1.89 bits per heavy atom. The van der Waals surface area contributed by atoms with E-state index in [2.05, 4.69) is 0 Å². The molecule has 2 fully saturated rings. The molecular weight excluding hydrogens is 242 g/mol. The Balaban J connectivity index is 2.03. The van der Waals surface area contributed by atoms with Gasteiger partial charge in [-0.2, -0.15) is 0 Å². The van der Waals surface area contributed by atoms with Gasteiger partial charge in [0.05, 0.1) is 0 Å². The highest BCUT2D eigenvalue weighted by Gasteiger charge is 2.32. The van der Waals surface area contributed by atoms with Crippen molar-refractivity contribution in [1.82, 2.24) is 4.90 Å². The molecule has 0 aromatic rings. The minimum atomic E-state index is -0.263. The fourth-order valence-electron chi connectivity index (χ4n) is 3.13. The molecule has 4 nitrogen and oxygen atoms in total. The van der Waals surface area contributed by atoms with Crippen molar-refractivity contribution in [2.75, 3.05) is 13.2 Å². The number of hydrogen-bond donors (Lipinski definition) is 0. The second-order valence-corrected chi connectivity index (χ2v) is 5.80. The van der Waals surface area contributed by atoms with Crippen LogP contribution in [-0.4, -0.2) is 41.9 Å². The average Bonchev–Trinajstić information content (AvgIpc) is 2.64. The van der Waals surface area contributed by atoms with Gasteiger partial charge in [0, 0.05) is 25.6 Å². The summed E-state index contributed by atoms with van der Waals surface area (Å²) in [7, 11) is 0. The summed E-state index contributed by atoms with van der Waals surface area (Å²) in [4.78, 5) is 25.9. The summed E-state index contributed by atoms with van der Waals surface area (Å²) < 4.78 is 5.61. The third-order valence-corrected chi connectivity index (χ3v) is 4.14. The van der Waals surface area contributed by atoms with E-state index in [1.54, 1.807) is 6.92 Å². The van der Waals surface area contributed by atoms with E-state index in [9.17, 15) is 9.59 Å². The van der Waals surface area contributed by atoms with Gasteiger partial charge in [0.25, 0.3) is 5.91 Å². The van der Waals surface area contributed by atoms with Crippen LogP contribution >= 0.6 is 0 Å². The Morgan fingerprint density at radius 1 is 1.11 bits per heavy atom. The molecule has 0 bridgehead atoms. The zero-order valence-corrected chi connectivity index (χ0v) is 11.9. The summed E-state index contributed by atoms with van der Waals surface area (Å²) in [6.45, 7) is 3.10. The van der Waals surface area contributed by atoms with Crippen molar-refractivity contribution in [3.8, 4) is 0 Å². The van der Waals surface area contributed by atoms with E-state index in [0.717, 1.165) is 51.5 Å². The van der Waals surface area contributed by atoms with Gasteiger partial charge in [0.15, 0.2) is 0 Å². The van der Waals surface area contributed by atoms with Gasteiger partial charge >= 0.3 is 0 Å². The molecule has 2 unspecified atom stereocenters. The first kappa shape index (κ1) is 14.5. The lowest BCUT2D eigenvalue weighted by molar-refractivity contribution is -0.149. The van der Waals surface area contributed by atoms with E-state index in [4.69, 9.17) is 4.74 Å². The van der Waals surface area contributed by atoms with Gasteiger partial charge in [0.1, 0.15) is 11.9 Å². The maximum absolute atomic E-state index is 12.6. The molecule has 4 heteroatoms. The fraction of sp³-hybridized carbons (Fsp3) is 0.867. The predicted molar refractivity (Wildman–Crippen MR) is 72.9 cm³/mol. The van der Waals surface area contributed by atoms with Crippen LogP contribution in [0, 0.1) is 0 Å². The summed E-state index contributed by atoms with van der Waals surface area (Å²) in [5.41, 5.74) is 0. The summed E-state index contributed by atoms with van der Waals surface area (Å²) in [5, 5.41) is 0. The van der Waals surface area contributed by atoms with E-state index in [1.165, 1.54) is 0 Å². The van der Waals surface area contributed by atoms with E-state index in [0.29, 0.717) is 13.0 Å². The average molecular weight is 267 g/mol. The van der Waals surface area contributed by atoms with Gasteiger partial charge in [-0.3, -0.25) is 9.59 Å². The number of nitrogens with zero attached hydrogens (tertiary/aromatic N) is 1. The summed E-state index contributed by atoms with van der Waals surface area (Å²) in [5.74, 6) is 0.294. The summed E-state index contributed by atoms with van der Waals surface area (Å²) in [6, 6.07) is 0.0954. The summed E-state index contributed by atoms with van der Waals surface area (Å²) >= 11 is 0. The molecule has 2 rings (SSSR count). The predicted octanol–water partition coefficient (Wildman–Crippen LogP) is 2.31. The van der Waals surface area contributed by atoms with Gasteiger partial charge in [-0.15, -0.1) is 0 Å². The first-order valence-corrected chi connectivity index (χ1v) is 7.60.